The number of ether oxygens (including phenoxy) is 2. The second-order valence-electron chi connectivity index (χ2n) is 5.07. The highest BCUT2D eigenvalue weighted by Crippen LogP contribution is 2.27. The van der Waals surface area contributed by atoms with Crippen LogP contribution in [0, 0.1) is 0 Å². The van der Waals surface area contributed by atoms with Gasteiger partial charge in [-0.3, -0.25) is 4.79 Å². The number of carbonyl (C=O) groups excluding carboxylic acids is 2. The number of amides is 1. The summed E-state index contributed by atoms with van der Waals surface area (Å²) in [5, 5.41) is 4.90. The summed E-state index contributed by atoms with van der Waals surface area (Å²) in [7, 11) is 1.30. The van der Waals surface area contributed by atoms with Gasteiger partial charge in [0.25, 0.3) is 5.91 Å². The minimum Gasteiger partial charge on any atom is -0.473 e. The Morgan fingerprint density at radius 2 is 2.21 bits per heavy atom. The van der Waals surface area contributed by atoms with Crippen LogP contribution in [0.4, 0.5) is 5.00 Å². The van der Waals surface area contributed by atoms with E-state index in [9.17, 15) is 9.59 Å². The molecule has 0 spiro atoms. The molecular formula is C16H16N2O4S2. The highest BCUT2D eigenvalue weighted by atomic mass is 32.2. The molecule has 126 valence electrons. The van der Waals surface area contributed by atoms with Gasteiger partial charge in [0.2, 0.25) is 5.88 Å². The molecule has 1 aliphatic rings. The number of thioether (sulfide) groups is 1. The zero-order valence-corrected chi connectivity index (χ0v) is 14.6. The van der Waals surface area contributed by atoms with Crippen molar-refractivity contribution in [1.82, 2.24) is 4.98 Å². The number of carbonyl (C=O) groups is 2. The first-order chi connectivity index (χ1) is 11.7. The Bertz CT molecular complexity index is 741. The molecule has 2 aromatic rings. The summed E-state index contributed by atoms with van der Waals surface area (Å²) in [6.07, 6.45) is 2.61. The van der Waals surface area contributed by atoms with Crippen molar-refractivity contribution in [3.8, 4) is 5.88 Å². The number of esters is 1. The number of rotatable bonds is 5. The monoisotopic (exact) mass is 364 g/mol. The maximum absolute atomic E-state index is 12.6. The molecule has 0 bridgehead atoms. The molecule has 8 heteroatoms. The van der Waals surface area contributed by atoms with Gasteiger partial charge >= 0.3 is 5.97 Å². The van der Waals surface area contributed by atoms with Crippen molar-refractivity contribution in [1.29, 1.82) is 0 Å². The molecule has 3 heterocycles. The number of thiophene rings is 1. The third kappa shape index (κ3) is 3.70. The van der Waals surface area contributed by atoms with Gasteiger partial charge in [-0.05, 0) is 35.8 Å². The number of hydrogen-bond acceptors (Lipinski definition) is 7. The Kier molecular flexibility index (Phi) is 5.37. The summed E-state index contributed by atoms with van der Waals surface area (Å²) in [6.45, 7) is 0. The predicted molar refractivity (Wildman–Crippen MR) is 94.2 cm³/mol. The van der Waals surface area contributed by atoms with Crippen LogP contribution in [0.1, 0.15) is 27.1 Å². The fourth-order valence-corrected chi connectivity index (χ4v) is 4.13. The van der Waals surface area contributed by atoms with Crippen molar-refractivity contribution in [2.45, 2.75) is 12.5 Å². The highest BCUT2D eigenvalue weighted by molar-refractivity contribution is 7.99. The van der Waals surface area contributed by atoms with Crippen LogP contribution in [-0.2, 0) is 4.74 Å². The molecule has 1 fully saturated rings. The smallest absolute Gasteiger partial charge is 0.340 e. The minimum absolute atomic E-state index is 0.0730. The van der Waals surface area contributed by atoms with Crippen LogP contribution < -0.4 is 10.1 Å². The zero-order valence-electron chi connectivity index (χ0n) is 13.0. The van der Waals surface area contributed by atoms with E-state index in [1.54, 1.807) is 29.8 Å². The van der Waals surface area contributed by atoms with Gasteiger partial charge in [0.1, 0.15) is 16.7 Å². The molecule has 0 aliphatic carbocycles. The van der Waals surface area contributed by atoms with Crippen molar-refractivity contribution in [2.24, 2.45) is 0 Å². The molecule has 1 saturated heterocycles. The molecule has 1 unspecified atom stereocenters. The second-order valence-corrected chi connectivity index (χ2v) is 7.13. The van der Waals surface area contributed by atoms with Gasteiger partial charge in [0, 0.05) is 11.9 Å². The lowest BCUT2D eigenvalue weighted by atomic mass is 10.2. The molecular weight excluding hydrogens is 348 g/mol. The SMILES string of the molecule is COC(=O)c1ccsc1NC(=O)c1cccnc1OC1CCSC1. The molecule has 1 aliphatic heterocycles. The molecule has 1 N–H and O–H groups in total. The van der Waals surface area contributed by atoms with Crippen molar-refractivity contribution in [2.75, 3.05) is 23.9 Å². The highest BCUT2D eigenvalue weighted by Gasteiger charge is 2.23. The van der Waals surface area contributed by atoms with E-state index in [4.69, 9.17) is 9.47 Å². The molecule has 0 aromatic carbocycles. The Balaban J connectivity index is 1.78. The fraction of sp³-hybridized carbons (Fsp3) is 0.312. The van der Waals surface area contributed by atoms with E-state index in [1.165, 1.54) is 18.4 Å². The number of methoxy groups -OCH3 is 1. The van der Waals surface area contributed by atoms with E-state index < -0.39 is 5.97 Å². The summed E-state index contributed by atoms with van der Waals surface area (Å²) < 4.78 is 10.6. The minimum atomic E-state index is -0.489. The summed E-state index contributed by atoms with van der Waals surface area (Å²) in [5.41, 5.74) is 0.674. The number of hydrogen-bond donors (Lipinski definition) is 1. The maximum Gasteiger partial charge on any atom is 0.340 e. The van der Waals surface area contributed by atoms with Crippen LogP contribution in [0.25, 0.3) is 0 Å². The van der Waals surface area contributed by atoms with Gasteiger partial charge in [-0.1, -0.05) is 0 Å². The van der Waals surface area contributed by atoms with E-state index >= 15 is 0 Å². The van der Waals surface area contributed by atoms with Crippen molar-refractivity contribution in [3.05, 3.63) is 40.9 Å². The van der Waals surface area contributed by atoms with Crippen LogP contribution in [-0.4, -0.2) is 41.6 Å². The van der Waals surface area contributed by atoms with Gasteiger partial charge in [0.05, 0.1) is 12.7 Å². The standard InChI is InChI=1S/C16H16N2O4S2/c1-21-16(20)12-5-8-24-15(12)18-13(19)11-3-2-6-17-14(11)22-10-4-7-23-9-10/h2-3,5-6,8,10H,4,7,9H2,1H3,(H,18,19). The fourth-order valence-electron chi connectivity index (χ4n) is 2.27. The first-order valence-electron chi connectivity index (χ1n) is 7.35. The third-order valence-corrected chi connectivity index (χ3v) is 5.44. The van der Waals surface area contributed by atoms with E-state index in [-0.39, 0.29) is 12.0 Å². The number of nitrogens with one attached hydrogen (secondary N) is 1. The summed E-state index contributed by atoms with van der Waals surface area (Å²) in [5.74, 6) is 1.42. The van der Waals surface area contributed by atoms with Crippen molar-refractivity contribution < 1.29 is 19.1 Å². The molecule has 3 rings (SSSR count). The summed E-state index contributed by atoms with van der Waals surface area (Å²) >= 11 is 3.08. The first-order valence-corrected chi connectivity index (χ1v) is 9.39. The predicted octanol–water partition coefficient (Wildman–Crippen LogP) is 3.07. The molecule has 2 aromatic heterocycles. The first kappa shape index (κ1) is 16.8. The van der Waals surface area contributed by atoms with Crippen LogP contribution in [0.15, 0.2) is 29.8 Å². The number of nitrogens with zero attached hydrogens (tertiary/aromatic N) is 1. The third-order valence-electron chi connectivity index (χ3n) is 3.48. The van der Waals surface area contributed by atoms with Crippen molar-refractivity contribution in [3.63, 3.8) is 0 Å². The zero-order chi connectivity index (χ0) is 16.9. The van der Waals surface area contributed by atoms with E-state index in [0.29, 0.717) is 22.0 Å². The van der Waals surface area contributed by atoms with Gasteiger partial charge in [-0.15, -0.1) is 11.3 Å². The second kappa shape index (κ2) is 7.67. The number of pyridine rings is 1. The number of aromatic nitrogens is 1. The van der Waals surface area contributed by atoms with Gasteiger partial charge in [-0.25, -0.2) is 9.78 Å². The molecule has 0 radical (unpaired) electrons. The Hall–Kier alpha value is -2.06. The van der Waals surface area contributed by atoms with Crippen LogP contribution in [0.5, 0.6) is 5.88 Å². The average Bonchev–Trinajstić information content (AvgIpc) is 3.26. The average molecular weight is 364 g/mol. The Morgan fingerprint density at radius 1 is 1.33 bits per heavy atom. The summed E-state index contributed by atoms with van der Waals surface area (Å²) in [6, 6.07) is 4.95. The Morgan fingerprint density at radius 3 is 2.96 bits per heavy atom. The molecule has 6 nitrogen and oxygen atoms in total. The largest absolute Gasteiger partial charge is 0.473 e. The topological polar surface area (TPSA) is 77.5 Å². The van der Waals surface area contributed by atoms with E-state index in [2.05, 4.69) is 10.3 Å². The van der Waals surface area contributed by atoms with Crippen LogP contribution >= 0.6 is 23.1 Å². The normalized spacial score (nSPS) is 16.6. The van der Waals surface area contributed by atoms with Gasteiger partial charge in [0.15, 0.2) is 0 Å². The molecule has 1 atom stereocenters. The summed E-state index contributed by atoms with van der Waals surface area (Å²) in [4.78, 5) is 28.5. The van der Waals surface area contributed by atoms with Crippen molar-refractivity contribution >= 4 is 40.0 Å². The Labute approximate surface area is 147 Å². The molecule has 1 amide bonds. The maximum atomic E-state index is 12.6. The van der Waals surface area contributed by atoms with Gasteiger partial charge < -0.3 is 14.8 Å². The van der Waals surface area contributed by atoms with Crippen LogP contribution in [0.2, 0.25) is 0 Å². The quantitative estimate of drug-likeness (QED) is 0.822. The lowest BCUT2D eigenvalue weighted by molar-refractivity contribution is 0.0602. The number of anilines is 1. The van der Waals surface area contributed by atoms with E-state index in [1.807, 2.05) is 11.8 Å². The molecule has 24 heavy (non-hydrogen) atoms. The lowest BCUT2D eigenvalue weighted by Gasteiger charge is -2.14. The molecule has 0 saturated carbocycles. The lowest BCUT2D eigenvalue weighted by Crippen LogP contribution is -2.20. The van der Waals surface area contributed by atoms with Crippen LogP contribution in [0.3, 0.4) is 0 Å². The van der Waals surface area contributed by atoms with Gasteiger partial charge in [-0.2, -0.15) is 11.8 Å². The van der Waals surface area contributed by atoms with E-state index in [0.717, 1.165) is 17.9 Å².